The molecule has 0 aromatic heterocycles. The van der Waals surface area contributed by atoms with E-state index in [1.54, 1.807) is 18.4 Å². The minimum Gasteiger partial charge on any atom is -0.345 e. The first-order valence-electron chi connectivity index (χ1n) is 6.91. The topological polar surface area (TPSA) is 46.2 Å². The van der Waals surface area contributed by atoms with Gasteiger partial charge in [0.05, 0.1) is 6.04 Å². The van der Waals surface area contributed by atoms with E-state index >= 15 is 0 Å². The molecule has 3 nitrogen and oxygen atoms in total. The Bertz CT molecular complexity index is 703. The van der Waals surface area contributed by atoms with Gasteiger partial charge < -0.3 is 5.32 Å². The van der Waals surface area contributed by atoms with Crippen LogP contribution in [0, 0.1) is 0 Å². The van der Waals surface area contributed by atoms with Crippen molar-refractivity contribution in [2.45, 2.75) is 18.7 Å². The van der Waals surface area contributed by atoms with Crippen LogP contribution in [0.15, 0.2) is 53.0 Å². The summed E-state index contributed by atoms with van der Waals surface area (Å²) in [4.78, 5) is 12.4. The van der Waals surface area contributed by atoms with Crippen molar-refractivity contribution >= 4 is 32.6 Å². The Kier molecular flexibility index (Phi) is 5.91. The molecule has 0 saturated heterocycles. The van der Waals surface area contributed by atoms with Crippen LogP contribution in [0.2, 0.25) is 0 Å². The van der Waals surface area contributed by atoms with Gasteiger partial charge in [-0.1, -0.05) is 46.3 Å². The molecule has 2 unspecified atom stereocenters. The summed E-state index contributed by atoms with van der Waals surface area (Å²) in [7, 11) is -0.919. The maximum absolute atomic E-state index is 12.4. The number of carbonyl (C=O) groups excluding carboxylic acids is 1. The van der Waals surface area contributed by atoms with Crippen LogP contribution in [-0.2, 0) is 16.6 Å². The summed E-state index contributed by atoms with van der Waals surface area (Å²) in [5.74, 6) is 0.327. The van der Waals surface area contributed by atoms with Crippen molar-refractivity contribution in [3.8, 4) is 0 Å². The van der Waals surface area contributed by atoms with Crippen molar-refractivity contribution in [1.29, 1.82) is 0 Å². The van der Waals surface area contributed by atoms with Gasteiger partial charge in [0, 0.05) is 32.8 Å². The van der Waals surface area contributed by atoms with Crippen molar-refractivity contribution in [3.63, 3.8) is 0 Å². The molecule has 22 heavy (non-hydrogen) atoms. The number of rotatable bonds is 5. The van der Waals surface area contributed by atoms with E-state index < -0.39 is 10.8 Å². The van der Waals surface area contributed by atoms with Crippen molar-refractivity contribution in [2.75, 3.05) is 6.26 Å². The molecule has 2 aromatic carbocycles. The van der Waals surface area contributed by atoms with Gasteiger partial charge in [0.15, 0.2) is 0 Å². The van der Waals surface area contributed by atoms with Gasteiger partial charge in [0.2, 0.25) is 0 Å². The number of nitrogens with one attached hydrogen (secondary N) is 1. The van der Waals surface area contributed by atoms with Crippen molar-refractivity contribution < 1.29 is 9.00 Å². The SMILES string of the molecule is CC(NC(=O)c1cccc(CS(C)=O)c1)c1ccccc1Br. The lowest BCUT2D eigenvalue weighted by Crippen LogP contribution is -2.26. The molecule has 2 atom stereocenters. The summed E-state index contributed by atoms with van der Waals surface area (Å²) in [5.41, 5.74) is 2.52. The summed E-state index contributed by atoms with van der Waals surface area (Å²) in [6.07, 6.45) is 1.65. The molecule has 5 heteroatoms. The van der Waals surface area contributed by atoms with Crippen LogP contribution in [0.1, 0.15) is 34.5 Å². The average molecular weight is 380 g/mol. The molecule has 2 rings (SSSR count). The first-order valence-corrected chi connectivity index (χ1v) is 9.43. The molecule has 0 saturated carbocycles. The summed E-state index contributed by atoms with van der Waals surface area (Å²) in [5, 5.41) is 2.99. The summed E-state index contributed by atoms with van der Waals surface area (Å²) < 4.78 is 12.3. The highest BCUT2D eigenvalue weighted by Crippen LogP contribution is 2.23. The van der Waals surface area contributed by atoms with E-state index in [0.717, 1.165) is 15.6 Å². The van der Waals surface area contributed by atoms with Gasteiger partial charge in [-0.3, -0.25) is 9.00 Å². The smallest absolute Gasteiger partial charge is 0.251 e. The quantitative estimate of drug-likeness (QED) is 0.857. The van der Waals surface area contributed by atoms with Crippen molar-refractivity contribution in [2.24, 2.45) is 0 Å². The van der Waals surface area contributed by atoms with Crippen LogP contribution in [0.4, 0.5) is 0 Å². The molecular formula is C17H18BrNO2S. The zero-order valence-corrected chi connectivity index (χ0v) is 14.9. The Labute approximate surface area is 141 Å². The van der Waals surface area contributed by atoms with E-state index in [1.165, 1.54) is 0 Å². The number of hydrogen-bond acceptors (Lipinski definition) is 2. The first kappa shape index (κ1) is 16.9. The Morgan fingerprint density at radius 2 is 1.95 bits per heavy atom. The highest BCUT2D eigenvalue weighted by atomic mass is 79.9. The zero-order valence-electron chi connectivity index (χ0n) is 12.5. The Morgan fingerprint density at radius 3 is 2.64 bits per heavy atom. The molecule has 0 radical (unpaired) electrons. The average Bonchev–Trinajstić information content (AvgIpc) is 2.47. The molecule has 0 fully saturated rings. The van der Waals surface area contributed by atoms with E-state index in [9.17, 15) is 9.00 Å². The van der Waals surface area contributed by atoms with Crippen LogP contribution in [0.25, 0.3) is 0 Å². The molecule has 116 valence electrons. The second-order valence-corrected chi connectivity index (χ2v) is 7.42. The zero-order chi connectivity index (χ0) is 16.1. The largest absolute Gasteiger partial charge is 0.345 e. The lowest BCUT2D eigenvalue weighted by atomic mass is 10.1. The fourth-order valence-corrected chi connectivity index (χ4v) is 3.50. The Balaban J connectivity index is 2.12. The molecular weight excluding hydrogens is 362 g/mol. The molecule has 0 aliphatic carbocycles. The molecule has 0 aliphatic heterocycles. The maximum Gasteiger partial charge on any atom is 0.251 e. The normalized spacial score (nSPS) is 13.4. The fourth-order valence-electron chi connectivity index (χ4n) is 2.22. The number of halogens is 1. The van der Waals surface area contributed by atoms with Gasteiger partial charge in [0.1, 0.15) is 0 Å². The first-order chi connectivity index (χ1) is 10.5. The summed E-state index contributed by atoms with van der Waals surface area (Å²) >= 11 is 3.50. The van der Waals surface area contributed by atoms with Crippen LogP contribution in [-0.4, -0.2) is 16.4 Å². The third-order valence-electron chi connectivity index (χ3n) is 3.28. The van der Waals surface area contributed by atoms with Crippen LogP contribution < -0.4 is 5.32 Å². The van der Waals surface area contributed by atoms with Crippen molar-refractivity contribution in [3.05, 3.63) is 69.7 Å². The minimum atomic E-state index is -0.919. The van der Waals surface area contributed by atoms with Crippen molar-refractivity contribution in [1.82, 2.24) is 5.32 Å². The van der Waals surface area contributed by atoms with Gasteiger partial charge in [-0.05, 0) is 36.2 Å². The van der Waals surface area contributed by atoms with Gasteiger partial charge in [0.25, 0.3) is 5.91 Å². The maximum atomic E-state index is 12.4. The third-order valence-corrected chi connectivity index (χ3v) is 4.74. The number of hydrogen-bond donors (Lipinski definition) is 1. The molecule has 2 aromatic rings. The van der Waals surface area contributed by atoms with Gasteiger partial charge in [-0.2, -0.15) is 0 Å². The lowest BCUT2D eigenvalue weighted by molar-refractivity contribution is 0.0939. The summed E-state index contributed by atoms with van der Waals surface area (Å²) in [6, 6.07) is 15.0. The van der Waals surface area contributed by atoms with E-state index in [1.807, 2.05) is 43.3 Å². The van der Waals surface area contributed by atoms with E-state index in [2.05, 4.69) is 21.2 Å². The standard InChI is InChI=1S/C17H18BrNO2S/c1-12(15-8-3-4-9-16(15)18)19-17(20)14-7-5-6-13(10-14)11-22(2)21/h3-10,12H,11H2,1-2H3,(H,19,20). The molecule has 1 amide bonds. The third kappa shape index (κ3) is 4.52. The summed E-state index contributed by atoms with van der Waals surface area (Å²) in [6.45, 7) is 1.95. The Morgan fingerprint density at radius 1 is 1.23 bits per heavy atom. The lowest BCUT2D eigenvalue weighted by Gasteiger charge is -2.16. The van der Waals surface area contributed by atoms with E-state index in [-0.39, 0.29) is 11.9 Å². The van der Waals surface area contributed by atoms with Gasteiger partial charge in [-0.25, -0.2) is 0 Å². The Hall–Kier alpha value is -1.46. The highest BCUT2D eigenvalue weighted by Gasteiger charge is 2.13. The number of benzene rings is 2. The molecule has 0 spiro atoms. The minimum absolute atomic E-state index is 0.105. The number of amides is 1. The fraction of sp³-hybridized carbons (Fsp3) is 0.235. The van der Waals surface area contributed by atoms with Crippen LogP contribution >= 0.6 is 15.9 Å². The molecule has 0 heterocycles. The van der Waals surface area contributed by atoms with E-state index in [4.69, 9.17) is 0 Å². The molecule has 0 bridgehead atoms. The second kappa shape index (κ2) is 7.70. The second-order valence-electron chi connectivity index (χ2n) is 5.13. The van der Waals surface area contributed by atoms with Crippen LogP contribution in [0.3, 0.4) is 0 Å². The van der Waals surface area contributed by atoms with Gasteiger partial charge in [-0.15, -0.1) is 0 Å². The predicted octanol–water partition coefficient (Wildman–Crippen LogP) is 3.82. The van der Waals surface area contributed by atoms with Gasteiger partial charge >= 0.3 is 0 Å². The number of carbonyl (C=O) groups is 1. The molecule has 1 N–H and O–H groups in total. The predicted molar refractivity (Wildman–Crippen MR) is 94.2 cm³/mol. The highest BCUT2D eigenvalue weighted by molar-refractivity contribution is 9.10. The van der Waals surface area contributed by atoms with E-state index in [0.29, 0.717) is 11.3 Å². The van der Waals surface area contributed by atoms with Crippen LogP contribution in [0.5, 0.6) is 0 Å². The monoisotopic (exact) mass is 379 g/mol. The molecule has 0 aliphatic rings.